The van der Waals surface area contributed by atoms with Gasteiger partial charge in [-0.15, -0.1) is 0 Å². The number of carbonyl (C=O) groups is 2. The smallest absolute Gasteiger partial charge is 0.325 e. The van der Waals surface area contributed by atoms with Crippen molar-refractivity contribution in [3.05, 3.63) is 69.7 Å². The fraction of sp³-hybridized carbons (Fsp3) is 0.290. The molecule has 0 radical (unpaired) electrons. The molecule has 0 aliphatic rings. The predicted octanol–water partition coefficient (Wildman–Crippen LogP) is 6.07. The summed E-state index contributed by atoms with van der Waals surface area (Å²) in [7, 11) is 0. The molecule has 0 aliphatic carbocycles. The summed E-state index contributed by atoms with van der Waals surface area (Å²) in [5, 5.41) is 1.00. The van der Waals surface area contributed by atoms with Crippen molar-refractivity contribution in [2.24, 2.45) is 5.41 Å². The summed E-state index contributed by atoms with van der Waals surface area (Å²) in [6, 6.07) is 14.2. The van der Waals surface area contributed by atoms with Crippen molar-refractivity contribution >= 4 is 35.1 Å². The molecule has 0 unspecified atom stereocenters. The van der Waals surface area contributed by atoms with Crippen molar-refractivity contribution < 1.29 is 19.1 Å². The zero-order valence-corrected chi connectivity index (χ0v) is 22.6. The van der Waals surface area contributed by atoms with Crippen LogP contribution >= 0.6 is 23.2 Å². The largest absolute Gasteiger partial charge is 0.462 e. The Balaban J connectivity index is 2.40. The molecule has 0 bridgehead atoms. The van der Waals surface area contributed by atoms with E-state index in [1.807, 2.05) is 12.1 Å². The number of benzene rings is 2. The summed E-state index contributed by atoms with van der Waals surface area (Å²) in [5.74, 6) is 20.6. The standard InChI is InChI=1S/C31H26Cl2O4/c1-23(2)36-29(34)31(30(35)37-24(3)4,21-13-5-7-15-25-17-9-11-19-27(25)32)22-14-6-8-16-26-18-10-12-20-28(26)33/h9-12,17-20,23-24H,21-22H2,1-4H3. The van der Waals surface area contributed by atoms with E-state index in [-0.39, 0.29) is 12.8 Å². The van der Waals surface area contributed by atoms with Gasteiger partial charge in [0.25, 0.3) is 0 Å². The molecule has 6 heteroatoms. The Hall–Kier alpha value is -3.80. The van der Waals surface area contributed by atoms with Crippen molar-refractivity contribution in [3.63, 3.8) is 0 Å². The van der Waals surface area contributed by atoms with E-state index >= 15 is 0 Å². The molecular formula is C31H26Cl2O4. The van der Waals surface area contributed by atoms with Gasteiger partial charge in [-0.05, 0) is 75.6 Å². The van der Waals surface area contributed by atoms with Crippen LogP contribution in [0.5, 0.6) is 0 Å². The first-order chi connectivity index (χ1) is 17.7. The fourth-order valence-corrected chi connectivity index (χ4v) is 3.26. The highest BCUT2D eigenvalue weighted by atomic mass is 35.5. The van der Waals surface area contributed by atoms with E-state index in [1.54, 1.807) is 64.1 Å². The number of ether oxygens (including phenoxy) is 2. The van der Waals surface area contributed by atoms with Gasteiger partial charge in [-0.3, -0.25) is 9.59 Å². The van der Waals surface area contributed by atoms with Crippen molar-refractivity contribution in [3.8, 4) is 47.4 Å². The van der Waals surface area contributed by atoms with Crippen LogP contribution in [-0.4, -0.2) is 24.1 Å². The molecule has 0 N–H and O–H groups in total. The van der Waals surface area contributed by atoms with E-state index in [4.69, 9.17) is 32.7 Å². The molecule has 2 rings (SSSR count). The Bertz CT molecular complexity index is 1270. The molecule has 2 aromatic rings. The van der Waals surface area contributed by atoms with Crippen molar-refractivity contribution in [2.75, 3.05) is 0 Å². The van der Waals surface area contributed by atoms with Gasteiger partial charge in [0.1, 0.15) is 0 Å². The van der Waals surface area contributed by atoms with E-state index in [0.717, 1.165) is 0 Å². The van der Waals surface area contributed by atoms with E-state index in [2.05, 4.69) is 47.4 Å². The van der Waals surface area contributed by atoms with Crippen LogP contribution in [0.1, 0.15) is 51.7 Å². The Labute approximate surface area is 229 Å². The maximum atomic E-state index is 13.2. The SMILES string of the molecule is CC(C)OC(=O)C(CC#CC#Cc1ccccc1Cl)(CC#CC#Cc1ccccc1Cl)C(=O)OC(C)C. The summed E-state index contributed by atoms with van der Waals surface area (Å²) in [6.45, 7) is 6.77. The average Bonchev–Trinajstić information content (AvgIpc) is 2.83. The zero-order valence-electron chi connectivity index (χ0n) is 21.1. The minimum absolute atomic E-state index is 0.200. The van der Waals surface area contributed by atoms with E-state index in [0.29, 0.717) is 21.2 Å². The predicted molar refractivity (Wildman–Crippen MR) is 146 cm³/mol. The monoisotopic (exact) mass is 532 g/mol. The fourth-order valence-electron chi connectivity index (χ4n) is 2.89. The topological polar surface area (TPSA) is 52.6 Å². The maximum absolute atomic E-state index is 13.2. The summed E-state index contributed by atoms with van der Waals surface area (Å²) in [4.78, 5) is 26.4. The normalized spacial score (nSPS) is 9.95. The van der Waals surface area contributed by atoms with Gasteiger partial charge >= 0.3 is 11.9 Å². The lowest BCUT2D eigenvalue weighted by Gasteiger charge is -2.27. The second-order valence-corrected chi connectivity index (χ2v) is 9.22. The third-order valence-electron chi connectivity index (χ3n) is 4.69. The Morgan fingerprint density at radius 2 is 1.08 bits per heavy atom. The molecule has 0 saturated heterocycles. The van der Waals surface area contributed by atoms with Crippen molar-refractivity contribution in [1.29, 1.82) is 0 Å². The Kier molecular flexibility index (Phi) is 11.7. The minimum Gasteiger partial charge on any atom is -0.462 e. The Morgan fingerprint density at radius 1 is 0.703 bits per heavy atom. The van der Waals surface area contributed by atoms with Crippen LogP contribution in [0.4, 0.5) is 0 Å². The highest BCUT2D eigenvalue weighted by molar-refractivity contribution is 6.32. The van der Waals surface area contributed by atoms with E-state index in [9.17, 15) is 9.59 Å². The number of esters is 2. The third-order valence-corrected chi connectivity index (χ3v) is 5.35. The molecule has 188 valence electrons. The van der Waals surface area contributed by atoms with Crippen LogP contribution in [0.15, 0.2) is 48.5 Å². The van der Waals surface area contributed by atoms with Crippen molar-refractivity contribution in [2.45, 2.75) is 52.7 Å². The van der Waals surface area contributed by atoms with Gasteiger partial charge in [0, 0.05) is 24.0 Å². The molecular weight excluding hydrogens is 507 g/mol. The molecule has 2 aromatic carbocycles. The van der Waals surface area contributed by atoms with E-state index in [1.165, 1.54) is 0 Å². The van der Waals surface area contributed by atoms with Gasteiger partial charge in [-0.25, -0.2) is 0 Å². The Morgan fingerprint density at radius 3 is 1.43 bits per heavy atom. The maximum Gasteiger partial charge on any atom is 0.325 e. The molecule has 0 aliphatic heterocycles. The lowest BCUT2D eigenvalue weighted by atomic mass is 9.81. The van der Waals surface area contributed by atoms with Crippen LogP contribution < -0.4 is 0 Å². The summed E-state index contributed by atoms with van der Waals surface area (Å²) in [5.41, 5.74) is -0.538. The number of halogens is 2. The average molecular weight is 533 g/mol. The lowest BCUT2D eigenvalue weighted by Crippen LogP contribution is -2.43. The van der Waals surface area contributed by atoms with Crippen LogP contribution in [0.3, 0.4) is 0 Å². The molecule has 0 heterocycles. The number of hydrogen-bond acceptors (Lipinski definition) is 4. The zero-order chi connectivity index (χ0) is 27.3. The van der Waals surface area contributed by atoms with Crippen LogP contribution in [-0.2, 0) is 19.1 Å². The molecule has 0 aromatic heterocycles. The van der Waals surface area contributed by atoms with Gasteiger partial charge in [-0.2, -0.15) is 0 Å². The third kappa shape index (κ3) is 9.30. The molecule has 0 saturated carbocycles. The summed E-state index contributed by atoms with van der Waals surface area (Å²) < 4.78 is 10.8. The van der Waals surface area contributed by atoms with Gasteiger partial charge in [0.2, 0.25) is 0 Å². The summed E-state index contributed by atoms with van der Waals surface area (Å²) >= 11 is 12.2. The highest BCUT2D eigenvalue weighted by Gasteiger charge is 2.49. The molecule has 0 atom stereocenters. The van der Waals surface area contributed by atoms with E-state index < -0.39 is 29.6 Å². The second kappa shape index (κ2) is 14.7. The highest BCUT2D eigenvalue weighted by Crippen LogP contribution is 2.31. The minimum atomic E-state index is -1.77. The number of carbonyl (C=O) groups excluding carboxylic acids is 2. The van der Waals surface area contributed by atoms with Gasteiger partial charge in [-0.1, -0.05) is 71.1 Å². The van der Waals surface area contributed by atoms with Gasteiger partial charge < -0.3 is 9.47 Å². The van der Waals surface area contributed by atoms with Gasteiger partial charge in [0.05, 0.1) is 22.3 Å². The molecule has 37 heavy (non-hydrogen) atoms. The quantitative estimate of drug-likeness (QED) is 0.257. The number of rotatable bonds is 6. The number of hydrogen-bond donors (Lipinski definition) is 0. The first-order valence-corrected chi connectivity index (χ1v) is 12.3. The molecule has 0 spiro atoms. The summed E-state index contributed by atoms with van der Waals surface area (Å²) in [6.07, 6.45) is -1.32. The van der Waals surface area contributed by atoms with Crippen LogP contribution in [0.25, 0.3) is 0 Å². The van der Waals surface area contributed by atoms with Crippen LogP contribution in [0, 0.1) is 52.8 Å². The lowest BCUT2D eigenvalue weighted by molar-refractivity contribution is -0.176. The second-order valence-electron chi connectivity index (χ2n) is 8.41. The first-order valence-electron chi connectivity index (χ1n) is 11.5. The molecule has 0 amide bonds. The van der Waals surface area contributed by atoms with Crippen LogP contribution in [0.2, 0.25) is 10.0 Å². The van der Waals surface area contributed by atoms with Crippen molar-refractivity contribution in [1.82, 2.24) is 0 Å². The molecule has 0 fully saturated rings. The first kappa shape index (κ1) is 29.4. The van der Waals surface area contributed by atoms with Gasteiger partial charge in [0.15, 0.2) is 5.41 Å². The molecule has 4 nitrogen and oxygen atoms in total.